The fraction of sp³-hybridized carbons (Fsp3) is 0.636. The first kappa shape index (κ1) is 13.3. The summed E-state index contributed by atoms with van der Waals surface area (Å²) in [6.07, 6.45) is 2.58. The molecule has 17 heavy (non-hydrogen) atoms. The van der Waals surface area contributed by atoms with Crippen LogP contribution in [0.15, 0.2) is 11.9 Å². The van der Waals surface area contributed by atoms with Crippen LogP contribution in [0.3, 0.4) is 0 Å². The Bertz CT molecular complexity index is 350. The number of carboxylic acid groups (broad SMARTS) is 1. The number of carbonyl (C=O) groups excluding carboxylic acids is 1. The Morgan fingerprint density at radius 2 is 2.24 bits per heavy atom. The highest BCUT2D eigenvalue weighted by atomic mass is 16.4. The predicted molar refractivity (Wildman–Crippen MR) is 62.9 cm³/mol. The first-order chi connectivity index (χ1) is 7.85. The second-order valence-corrected chi connectivity index (χ2v) is 4.63. The van der Waals surface area contributed by atoms with Crippen molar-refractivity contribution in [1.29, 1.82) is 0 Å². The molecule has 0 unspecified atom stereocenters. The van der Waals surface area contributed by atoms with Crippen molar-refractivity contribution < 1.29 is 14.7 Å². The third kappa shape index (κ3) is 3.12. The van der Waals surface area contributed by atoms with Crippen LogP contribution in [-0.2, 0) is 9.59 Å². The van der Waals surface area contributed by atoms with Crippen LogP contribution in [0.1, 0.15) is 20.3 Å². The van der Waals surface area contributed by atoms with E-state index in [1.807, 2.05) is 18.1 Å². The number of hydrogen-bond donors (Lipinski definition) is 3. The second kappa shape index (κ2) is 5.07. The minimum Gasteiger partial charge on any atom is -0.480 e. The van der Waals surface area contributed by atoms with Gasteiger partial charge in [-0.15, -0.1) is 0 Å². The van der Waals surface area contributed by atoms with E-state index in [1.54, 1.807) is 0 Å². The summed E-state index contributed by atoms with van der Waals surface area (Å²) < 4.78 is 0. The third-order valence-corrected chi connectivity index (χ3v) is 2.86. The van der Waals surface area contributed by atoms with E-state index in [0.29, 0.717) is 13.0 Å². The maximum absolute atomic E-state index is 11.6. The molecule has 1 aliphatic rings. The fourth-order valence-electron chi connectivity index (χ4n) is 1.40. The predicted octanol–water partition coefficient (Wildman–Crippen LogP) is -0.0626. The van der Waals surface area contributed by atoms with Gasteiger partial charge in [0.1, 0.15) is 5.41 Å². The molecule has 0 radical (unpaired) electrons. The van der Waals surface area contributed by atoms with Gasteiger partial charge in [-0.3, -0.25) is 9.59 Å². The number of carboxylic acids is 1. The Morgan fingerprint density at radius 3 is 2.71 bits per heavy atom. The molecule has 3 N–H and O–H groups in total. The summed E-state index contributed by atoms with van der Waals surface area (Å²) in [6.45, 7) is 4.00. The molecular formula is C11H19N3O3. The Kier molecular flexibility index (Phi) is 3.98. The normalized spacial score (nSPS) is 15.2. The summed E-state index contributed by atoms with van der Waals surface area (Å²) in [4.78, 5) is 24.5. The molecule has 0 saturated carbocycles. The molecule has 0 saturated heterocycles. The highest BCUT2D eigenvalue weighted by Gasteiger charge is 2.35. The Hall–Kier alpha value is -1.72. The van der Waals surface area contributed by atoms with Crippen LogP contribution in [-0.4, -0.2) is 42.1 Å². The molecule has 0 spiro atoms. The molecule has 1 heterocycles. The van der Waals surface area contributed by atoms with E-state index in [4.69, 9.17) is 5.11 Å². The largest absolute Gasteiger partial charge is 0.480 e. The Balaban J connectivity index is 2.37. The lowest BCUT2D eigenvalue weighted by atomic mass is 9.93. The van der Waals surface area contributed by atoms with Crippen molar-refractivity contribution in [3.05, 3.63) is 11.9 Å². The molecule has 0 atom stereocenters. The van der Waals surface area contributed by atoms with Gasteiger partial charge >= 0.3 is 5.97 Å². The summed E-state index contributed by atoms with van der Waals surface area (Å²) in [6, 6.07) is 0. The number of hydrogen-bond acceptors (Lipinski definition) is 4. The smallest absolute Gasteiger partial charge is 0.318 e. The number of carbonyl (C=O) groups is 2. The summed E-state index contributed by atoms with van der Waals surface area (Å²) in [5.74, 6) is -1.58. The number of nitrogens with one attached hydrogen (secondary N) is 2. The van der Waals surface area contributed by atoms with Crippen molar-refractivity contribution in [3.63, 3.8) is 0 Å². The number of amides is 1. The molecule has 6 heteroatoms. The van der Waals surface area contributed by atoms with E-state index in [-0.39, 0.29) is 0 Å². The minimum absolute atomic E-state index is 0.438. The molecule has 1 aliphatic heterocycles. The molecule has 96 valence electrons. The average Bonchev–Trinajstić information content (AvgIpc) is 2.64. The third-order valence-electron chi connectivity index (χ3n) is 2.86. The van der Waals surface area contributed by atoms with E-state index < -0.39 is 17.3 Å². The van der Waals surface area contributed by atoms with Gasteiger partial charge in [0, 0.05) is 31.9 Å². The van der Waals surface area contributed by atoms with E-state index in [1.165, 1.54) is 13.8 Å². The van der Waals surface area contributed by atoms with Crippen molar-refractivity contribution in [3.8, 4) is 0 Å². The number of aliphatic carboxylic acids is 1. The van der Waals surface area contributed by atoms with E-state index in [9.17, 15) is 9.59 Å². The standard InChI is InChI=1S/C11H19N3O3/c1-11(2,10(16)17)9(15)13-5-4-8-6-12-7-14(8)3/h6,12H,4-5,7H2,1-3H3,(H,13,15)(H,16,17). The summed E-state index contributed by atoms with van der Waals surface area (Å²) >= 11 is 0. The van der Waals surface area contributed by atoms with Gasteiger partial charge in [0.15, 0.2) is 0 Å². The molecule has 0 aromatic carbocycles. The molecule has 1 amide bonds. The highest BCUT2D eigenvalue weighted by Crippen LogP contribution is 2.15. The van der Waals surface area contributed by atoms with Gasteiger partial charge in [-0.05, 0) is 13.8 Å². The summed E-state index contributed by atoms with van der Waals surface area (Å²) in [5.41, 5.74) is -0.285. The van der Waals surface area contributed by atoms with Crippen LogP contribution in [0.4, 0.5) is 0 Å². The van der Waals surface area contributed by atoms with Crippen LogP contribution in [0, 0.1) is 5.41 Å². The van der Waals surface area contributed by atoms with Gasteiger partial charge < -0.3 is 20.6 Å². The molecule has 0 aromatic heterocycles. The van der Waals surface area contributed by atoms with E-state index in [2.05, 4.69) is 10.6 Å². The van der Waals surface area contributed by atoms with Gasteiger partial charge in [-0.2, -0.15) is 0 Å². The lowest BCUT2D eigenvalue weighted by molar-refractivity contribution is -0.153. The van der Waals surface area contributed by atoms with Crippen LogP contribution in [0.5, 0.6) is 0 Å². The maximum Gasteiger partial charge on any atom is 0.318 e. The summed E-state index contributed by atoms with van der Waals surface area (Å²) in [5, 5.41) is 14.6. The van der Waals surface area contributed by atoms with Gasteiger partial charge in [-0.1, -0.05) is 0 Å². The first-order valence-electron chi connectivity index (χ1n) is 5.51. The molecule has 0 aromatic rings. The van der Waals surface area contributed by atoms with Crippen molar-refractivity contribution in [2.24, 2.45) is 5.41 Å². The van der Waals surface area contributed by atoms with Crippen LogP contribution in [0.2, 0.25) is 0 Å². The van der Waals surface area contributed by atoms with E-state index >= 15 is 0 Å². The van der Waals surface area contributed by atoms with Gasteiger partial charge in [0.25, 0.3) is 0 Å². The zero-order valence-corrected chi connectivity index (χ0v) is 10.4. The van der Waals surface area contributed by atoms with Crippen molar-refractivity contribution in [1.82, 2.24) is 15.5 Å². The fourth-order valence-corrected chi connectivity index (χ4v) is 1.40. The first-order valence-corrected chi connectivity index (χ1v) is 5.51. The molecule has 0 bridgehead atoms. The lowest BCUT2D eigenvalue weighted by Gasteiger charge is -2.19. The van der Waals surface area contributed by atoms with Crippen molar-refractivity contribution >= 4 is 11.9 Å². The van der Waals surface area contributed by atoms with E-state index in [0.717, 1.165) is 12.4 Å². The van der Waals surface area contributed by atoms with Crippen LogP contribution in [0.25, 0.3) is 0 Å². The highest BCUT2D eigenvalue weighted by molar-refractivity contribution is 6.00. The monoisotopic (exact) mass is 241 g/mol. The lowest BCUT2D eigenvalue weighted by Crippen LogP contribution is -2.42. The molecular weight excluding hydrogens is 222 g/mol. The maximum atomic E-state index is 11.6. The van der Waals surface area contributed by atoms with Crippen LogP contribution < -0.4 is 10.6 Å². The summed E-state index contributed by atoms with van der Waals surface area (Å²) in [7, 11) is 1.95. The number of nitrogens with zero attached hydrogens (tertiary/aromatic N) is 1. The Morgan fingerprint density at radius 1 is 1.59 bits per heavy atom. The molecule has 6 nitrogen and oxygen atoms in total. The van der Waals surface area contributed by atoms with Crippen LogP contribution >= 0.6 is 0 Å². The molecule has 1 rings (SSSR count). The molecule has 0 aliphatic carbocycles. The minimum atomic E-state index is -1.38. The number of rotatable bonds is 5. The topological polar surface area (TPSA) is 81.7 Å². The second-order valence-electron chi connectivity index (χ2n) is 4.63. The average molecular weight is 241 g/mol. The zero-order valence-electron chi connectivity index (χ0n) is 10.4. The van der Waals surface area contributed by atoms with Gasteiger partial charge in [0.2, 0.25) is 5.91 Å². The SMILES string of the molecule is CN1CNC=C1CCNC(=O)C(C)(C)C(=O)O. The molecule has 0 fully saturated rings. The van der Waals surface area contributed by atoms with Gasteiger partial charge in [0.05, 0.1) is 6.67 Å². The Labute approximate surface area is 101 Å². The zero-order chi connectivity index (χ0) is 13.1. The van der Waals surface area contributed by atoms with Crippen molar-refractivity contribution in [2.45, 2.75) is 20.3 Å². The quantitative estimate of drug-likeness (QED) is 0.587. The van der Waals surface area contributed by atoms with Crippen molar-refractivity contribution in [2.75, 3.05) is 20.3 Å². The van der Waals surface area contributed by atoms with Gasteiger partial charge in [-0.25, -0.2) is 0 Å².